The fourth-order valence-electron chi connectivity index (χ4n) is 3.94. The third-order valence-electron chi connectivity index (χ3n) is 6.18. The zero-order chi connectivity index (χ0) is 25.2. The summed E-state index contributed by atoms with van der Waals surface area (Å²) in [6.45, 7) is 3.37. The molecule has 1 unspecified atom stereocenters. The maximum absolute atomic E-state index is 12.5. The number of aryl methyl sites for hydroxylation is 1. The molecule has 0 bridgehead atoms. The number of hydrogen-bond acceptors (Lipinski definition) is 8. The molecule has 3 rings (SSSR count). The van der Waals surface area contributed by atoms with Crippen molar-refractivity contribution in [2.75, 3.05) is 43.9 Å². The Bertz CT molecular complexity index is 1030. The molecule has 2 heterocycles. The van der Waals surface area contributed by atoms with Gasteiger partial charge in [0, 0.05) is 30.0 Å². The van der Waals surface area contributed by atoms with E-state index in [1.54, 1.807) is 29.0 Å². The van der Waals surface area contributed by atoms with Crippen molar-refractivity contribution in [2.24, 2.45) is 5.73 Å². The zero-order valence-electron chi connectivity index (χ0n) is 20.1. The molecule has 0 radical (unpaired) electrons. The van der Waals surface area contributed by atoms with Gasteiger partial charge in [-0.05, 0) is 82.7 Å². The van der Waals surface area contributed by atoms with Crippen LogP contribution in [-0.2, 0) is 11.3 Å². The summed E-state index contributed by atoms with van der Waals surface area (Å²) in [7, 11) is 2.02. The second kappa shape index (κ2) is 13.1. The second-order valence-electron chi connectivity index (χ2n) is 8.71. The third-order valence-corrected chi connectivity index (χ3v) is 6.18. The molecule has 1 aromatic carbocycles. The number of amides is 2. The first kappa shape index (κ1) is 26.5. The highest BCUT2D eigenvalue weighted by atomic mass is 16.3. The molecular weight excluding hydrogens is 450 g/mol. The molecule has 6 N–H and O–H groups in total. The summed E-state index contributed by atoms with van der Waals surface area (Å²) >= 11 is 0. The average molecular weight is 486 g/mol. The van der Waals surface area contributed by atoms with E-state index in [1.807, 2.05) is 7.05 Å². The molecule has 1 saturated heterocycles. The van der Waals surface area contributed by atoms with E-state index in [0.29, 0.717) is 23.8 Å². The van der Waals surface area contributed by atoms with Crippen LogP contribution >= 0.6 is 0 Å². The molecule has 35 heavy (non-hydrogen) atoms. The molecule has 1 aromatic heterocycles. The van der Waals surface area contributed by atoms with Gasteiger partial charge in [-0.25, -0.2) is 4.79 Å². The van der Waals surface area contributed by atoms with Crippen molar-refractivity contribution in [3.63, 3.8) is 0 Å². The summed E-state index contributed by atoms with van der Waals surface area (Å²) in [6, 6.07) is 7.35. The smallest absolute Gasteiger partial charge is 0.349 e. The lowest BCUT2D eigenvalue weighted by molar-refractivity contribution is -0.118. The van der Waals surface area contributed by atoms with Crippen LogP contribution in [0.5, 0.6) is 0 Å². The number of rotatable bonds is 11. The maximum Gasteiger partial charge on any atom is 0.349 e. The minimum Gasteiger partial charge on any atom is -0.394 e. The largest absolute Gasteiger partial charge is 0.394 e. The SMILES string of the molecule is CNC1CCN(CCCCn2ccc(NC(=O)c3ccc(NC(=O)C(N)CO)cc3)nc2=O)CC1. The van der Waals surface area contributed by atoms with Crippen LogP contribution in [0.15, 0.2) is 41.3 Å². The van der Waals surface area contributed by atoms with Gasteiger partial charge in [0.2, 0.25) is 5.91 Å². The van der Waals surface area contributed by atoms with Crippen LogP contribution in [0.4, 0.5) is 11.5 Å². The molecular formula is C24H35N7O4. The van der Waals surface area contributed by atoms with E-state index in [9.17, 15) is 14.4 Å². The van der Waals surface area contributed by atoms with E-state index < -0.39 is 30.2 Å². The molecule has 190 valence electrons. The van der Waals surface area contributed by atoms with Gasteiger partial charge in [-0.3, -0.25) is 14.2 Å². The lowest BCUT2D eigenvalue weighted by atomic mass is 10.1. The number of aliphatic hydroxyl groups is 1. The number of nitrogens with two attached hydrogens (primary N) is 1. The zero-order valence-corrected chi connectivity index (χ0v) is 20.1. The fourth-order valence-corrected chi connectivity index (χ4v) is 3.94. The molecule has 2 amide bonds. The molecule has 0 saturated carbocycles. The number of nitrogens with zero attached hydrogens (tertiary/aromatic N) is 3. The molecule has 11 nitrogen and oxygen atoms in total. The maximum atomic E-state index is 12.5. The summed E-state index contributed by atoms with van der Waals surface area (Å²) in [4.78, 5) is 43.0. The summed E-state index contributed by atoms with van der Waals surface area (Å²) in [6.07, 6.45) is 5.88. The van der Waals surface area contributed by atoms with E-state index >= 15 is 0 Å². The number of anilines is 2. The second-order valence-corrected chi connectivity index (χ2v) is 8.71. The third kappa shape index (κ3) is 7.96. The highest BCUT2D eigenvalue weighted by Crippen LogP contribution is 2.12. The number of piperidine rings is 1. The standard InChI is InChI=1S/C24H35N7O4/c1-26-18-8-13-30(14-9-18)11-2-3-12-31-15-10-21(29-24(31)35)28-22(33)17-4-6-19(7-5-17)27-23(34)20(25)16-32/h4-7,10,15,18,20,26,32H,2-3,8-9,11-14,16,25H2,1H3,(H,27,34)(H,28,29,33,35). The van der Waals surface area contributed by atoms with Gasteiger partial charge in [0.15, 0.2) is 0 Å². The minimum atomic E-state index is -1.02. The lowest BCUT2D eigenvalue weighted by Gasteiger charge is -2.31. The molecule has 1 fully saturated rings. The Hall–Kier alpha value is -3.12. The van der Waals surface area contributed by atoms with Gasteiger partial charge in [0.25, 0.3) is 5.91 Å². The fraction of sp³-hybridized carbons (Fsp3) is 0.500. The molecule has 1 atom stereocenters. The van der Waals surface area contributed by atoms with E-state index in [1.165, 1.54) is 25.0 Å². The van der Waals surface area contributed by atoms with Gasteiger partial charge in [0.05, 0.1) is 6.61 Å². The average Bonchev–Trinajstić information content (AvgIpc) is 2.87. The Labute approximate surface area is 204 Å². The van der Waals surface area contributed by atoms with Crippen LogP contribution in [0, 0.1) is 0 Å². The van der Waals surface area contributed by atoms with Crippen LogP contribution in [-0.4, -0.2) is 76.7 Å². The Morgan fingerprint density at radius 2 is 1.80 bits per heavy atom. The molecule has 2 aromatic rings. The van der Waals surface area contributed by atoms with Crippen LogP contribution in [0.25, 0.3) is 0 Å². The number of aliphatic hydroxyl groups excluding tert-OH is 1. The molecule has 11 heteroatoms. The summed E-state index contributed by atoms with van der Waals surface area (Å²) in [5.41, 5.74) is 5.83. The van der Waals surface area contributed by atoms with Crippen molar-refractivity contribution >= 4 is 23.3 Å². The first-order valence-electron chi connectivity index (χ1n) is 12.0. The van der Waals surface area contributed by atoms with Crippen molar-refractivity contribution in [2.45, 2.75) is 44.3 Å². The normalized spacial score (nSPS) is 15.5. The first-order chi connectivity index (χ1) is 16.9. The van der Waals surface area contributed by atoms with Gasteiger partial charge in [0.1, 0.15) is 11.9 Å². The quantitative estimate of drug-likeness (QED) is 0.283. The molecule has 1 aliphatic heterocycles. The lowest BCUT2D eigenvalue weighted by Crippen LogP contribution is -2.41. The van der Waals surface area contributed by atoms with Gasteiger partial charge in [-0.1, -0.05) is 0 Å². The number of benzene rings is 1. The Kier molecular flexibility index (Phi) is 9.91. The first-order valence-corrected chi connectivity index (χ1v) is 12.0. The number of unbranched alkanes of at least 4 members (excludes halogenated alkanes) is 1. The Balaban J connectivity index is 1.44. The molecule has 1 aliphatic rings. The number of carbonyl (C=O) groups excluding carboxylic acids is 2. The van der Waals surface area contributed by atoms with Crippen molar-refractivity contribution in [1.29, 1.82) is 0 Å². The number of nitrogens with one attached hydrogen (secondary N) is 3. The summed E-state index contributed by atoms with van der Waals surface area (Å²) in [5.74, 6) is -0.778. The summed E-state index contributed by atoms with van der Waals surface area (Å²) in [5, 5.41) is 17.4. The topological polar surface area (TPSA) is 155 Å². The monoisotopic (exact) mass is 485 g/mol. The van der Waals surface area contributed by atoms with Crippen LogP contribution < -0.4 is 27.4 Å². The number of carbonyl (C=O) groups is 2. The van der Waals surface area contributed by atoms with Gasteiger partial charge >= 0.3 is 5.69 Å². The Morgan fingerprint density at radius 3 is 2.43 bits per heavy atom. The highest BCUT2D eigenvalue weighted by Gasteiger charge is 2.17. The molecule has 0 aliphatic carbocycles. The van der Waals surface area contributed by atoms with Gasteiger partial charge in [-0.15, -0.1) is 0 Å². The van der Waals surface area contributed by atoms with Crippen molar-refractivity contribution in [3.8, 4) is 0 Å². The van der Waals surface area contributed by atoms with Gasteiger partial charge in [-0.2, -0.15) is 4.98 Å². The van der Waals surface area contributed by atoms with E-state index in [0.717, 1.165) is 32.5 Å². The number of hydrogen-bond donors (Lipinski definition) is 5. The van der Waals surface area contributed by atoms with Crippen LogP contribution in [0.2, 0.25) is 0 Å². The predicted octanol–water partition coefficient (Wildman–Crippen LogP) is 0.218. The van der Waals surface area contributed by atoms with Crippen molar-refractivity contribution < 1.29 is 14.7 Å². The van der Waals surface area contributed by atoms with E-state index in [2.05, 4.69) is 25.8 Å². The van der Waals surface area contributed by atoms with Crippen molar-refractivity contribution in [3.05, 3.63) is 52.6 Å². The van der Waals surface area contributed by atoms with Crippen LogP contribution in [0.3, 0.4) is 0 Å². The number of aromatic nitrogens is 2. The predicted molar refractivity (Wildman–Crippen MR) is 134 cm³/mol. The Morgan fingerprint density at radius 1 is 1.11 bits per heavy atom. The van der Waals surface area contributed by atoms with Crippen LogP contribution in [0.1, 0.15) is 36.0 Å². The molecule has 0 spiro atoms. The minimum absolute atomic E-state index is 0.176. The number of likely N-dealkylation sites (tertiary alicyclic amines) is 1. The van der Waals surface area contributed by atoms with E-state index in [4.69, 9.17) is 10.8 Å². The highest BCUT2D eigenvalue weighted by molar-refractivity contribution is 6.04. The summed E-state index contributed by atoms with van der Waals surface area (Å²) < 4.78 is 1.55. The van der Waals surface area contributed by atoms with Gasteiger partial charge < -0.3 is 31.7 Å². The van der Waals surface area contributed by atoms with Crippen molar-refractivity contribution in [1.82, 2.24) is 19.8 Å². The van der Waals surface area contributed by atoms with E-state index in [-0.39, 0.29) is 5.82 Å².